The molecule has 3 atom stereocenters. The van der Waals surface area contributed by atoms with Crippen LogP contribution in [0.4, 0.5) is 0 Å². The van der Waals surface area contributed by atoms with Crippen molar-refractivity contribution in [2.75, 3.05) is 20.2 Å². The maximum absolute atomic E-state index is 9.42. The summed E-state index contributed by atoms with van der Waals surface area (Å²) in [6.45, 7) is 8.13. The fraction of sp³-hybridized carbons (Fsp3) is 1.00. The number of rotatable bonds is 5. The van der Waals surface area contributed by atoms with Crippen molar-refractivity contribution in [3.63, 3.8) is 0 Å². The van der Waals surface area contributed by atoms with E-state index < -0.39 is 0 Å². The van der Waals surface area contributed by atoms with Crippen molar-refractivity contribution in [1.29, 1.82) is 0 Å². The van der Waals surface area contributed by atoms with Gasteiger partial charge < -0.3 is 10.4 Å². The molecule has 1 aliphatic heterocycles. The third-order valence-corrected chi connectivity index (χ3v) is 4.12. The van der Waals surface area contributed by atoms with Gasteiger partial charge in [-0.2, -0.15) is 0 Å². The number of aliphatic hydroxyl groups excluding tert-OH is 1. The predicted octanol–water partition coefficient (Wildman–Crippen LogP) is 1.61. The van der Waals surface area contributed by atoms with Gasteiger partial charge >= 0.3 is 0 Å². The summed E-state index contributed by atoms with van der Waals surface area (Å²) < 4.78 is 0. The maximum Gasteiger partial charge on any atom is 0.0611 e. The Hall–Kier alpha value is -0.120. The van der Waals surface area contributed by atoms with Crippen molar-refractivity contribution in [1.82, 2.24) is 10.2 Å². The summed E-state index contributed by atoms with van der Waals surface area (Å²) in [6, 6.07) is 1.24. The van der Waals surface area contributed by atoms with Gasteiger partial charge in [0, 0.05) is 17.6 Å². The molecule has 2 N–H and O–H groups in total. The van der Waals surface area contributed by atoms with Gasteiger partial charge in [-0.3, -0.25) is 4.90 Å². The highest BCUT2D eigenvalue weighted by molar-refractivity contribution is 4.88. The second kappa shape index (κ2) is 5.99. The molecule has 3 heteroatoms. The van der Waals surface area contributed by atoms with E-state index in [-0.39, 0.29) is 12.1 Å². The molecule has 1 fully saturated rings. The Morgan fingerprint density at radius 1 is 1.50 bits per heavy atom. The van der Waals surface area contributed by atoms with Crippen LogP contribution in [0.25, 0.3) is 0 Å². The summed E-state index contributed by atoms with van der Waals surface area (Å²) in [6.07, 6.45) is 5.02. The van der Waals surface area contributed by atoms with E-state index in [9.17, 15) is 5.11 Å². The molecule has 3 nitrogen and oxygen atoms in total. The van der Waals surface area contributed by atoms with Crippen LogP contribution in [-0.2, 0) is 0 Å². The van der Waals surface area contributed by atoms with Gasteiger partial charge in [0.15, 0.2) is 0 Å². The minimum atomic E-state index is -0.142. The van der Waals surface area contributed by atoms with Gasteiger partial charge in [0.1, 0.15) is 0 Å². The monoisotopic (exact) mass is 228 g/mol. The number of aliphatic hydroxyl groups is 1. The highest BCUT2D eigenvalue weighted by Gasteiger charge is 2.29. The molecule has 0 aliphatic carbocycles. The third kappa shape index (κ3) is 3.44. The number of nitrogens with zero attached hydrogens (tertiary/aromatic N) is 1. The molecule has 1 rings (SSSR count). The molecule has 96 valence electrons. The van der Waals surface area contributed by atoms with E-state index >= 15 is 0 Å². The maximum atomic E-state index is 9.42. The molecule has 3 unspecified atom stereocenters. The number of nitrogens with one attached hydrogen (secondary N) is 1. The van der Waals surface area contributed by atoms with Crippen LogP contribution in [0.2, 0.25) is 0 Å². The first kappa shape index (κ1) is 13.9. The molecule has 1 saturated heterocycles. The quantitative estimate of drug-likeness (QED) is 0.750. The summed E-state index contributed by atoms with van der Waals surface area (Å²) in [5.74, 6) is 0. The van der Waals surface area contributed by atoms with Crippen LogP contribution in [0, 0.1) is 0 Å². The van der Waals surface area contributed by atoms with Gasteiger partial charge in [-0.15, -0.1) is 0 Å². The van der Waals surface area contributed by atoms with Crippen LogP contribution in [0.5, 0.6) is 0 Å². The molecule has 1 heterocycles. The third-order valence-electron chi connectivity index (χ3n) is 4.12. The number of piperidine rings is 1. The number of hydrogen-bond donors (Lipinski definition) is 2. The van der Waals surface area contributed by atoms with Crippen molar-refractivity contribution >= 4 is 0 Å². The molecule has 0 aromatic heterocycles. The van der Waals surface area contributed by atoms with Gasteiger partial charge in [-0.05, 0) is 53.6 Å². The van der Waals surface area contributed by atoms with E-state index in [1.807, 2.05) is 7.05 Å². The second-order valence-corrected chi connectivity index (χ2v) is 5.60. The second-order valence-electron chi connectivity index (χ2n) is 5.60. The molecule has 0 saturated carbocycles. The fourth-order valence-corrected chi connectivity index (χ4v) is 2.79. The summed E-state index contributed by atoms with van der Waals surface area (Å²) in [5.41, 5.74) is -0.142. The van der Waals surface area contributed by atoms with E-state index in [1.54, 1.807) is 0 Å². The lowest BCUT2D eigenvalue weighted by Crippen LogP contribution is -2.51. The molecule has 0 aromatic carbocycles. The van der Waals surface area contributed by atoms with Crippen LogP contribution >= 0.6 is 0 Å². The zero-order valence-electron chi connectivity index (χ0n) is 11.3. The average Bonchev–Trinajstić information content (AvgIpc) is 2.29. The predicted molar refractivity (Wildman–Crippen MR) is 68.6 cm³/mol. The summed E-state index contributed by atoms with van der Waals surface area (Å²) >= 11 is 0. The lowest BCUT2D eigenvalue weighted by Gasteiger charge is -2.41. The van der Waals surface area contributed by atoms with Crippen LogP contribution in [0.1, 0.15) is 46.5 Å². The van der Waals surface area contributed by atoms with Crippen LogP contribution in [0.3, 0.4) is 0 Å². The van der Waals surface area contributed by atoms with Gasteiger partial charge in [-0.25, -0.2) is 0 Å². The molecule has 1 aliphatic rings. The number of likely N-dealkylation sites (tertiary alicyclic amines) is 1. The highest BCUT2D eigenvalue weighted by Crippen LogP contribution is 2.23. The molecule has 0 amide bonds. The van der Waals surface area contributed by atoms with Crippen LogP contribution in [0.15, 0.2) is 0 Å². The van der Waals surface area contributed by atoms with E-state index in [0.29, 0.717) is 12.1 Å². The smallest absolute Gasteiger partial charge is 0.0611 e. The first-order valence-corrected chi connectivity index (χ1v) is 6.58. The molecule has 16 heavy (non-hydrogen) atoms. The molecule has 0 aromatic rings. The van der Waals surface area contributed by atoms with E-state index in [1.165, 1.54) is 25.8 Å². The Balaban J connectivity index is 2.52. The van der Waals surface area contributed by atoms with Gasteiger partial charge in [-0.1, -0.05) is 6.42 Å². The molecule has 0 spiro atoms. The minimum absolute atomic E-state index is 0.142. The highest BCUT2D eigenvalue weighted by atomic mass is 16.3. The Kier molecular flexibility index (Phi) is 5.22. The molecule has 0 radical (unpaired) electrons. The van der Waals surface area contributed by atoms with E-state index in [2.05, 4.69) is 31.0 Å². The van der Waals surface area contributed by atoms with Gasteiger partial charge in [0.25, 0.3) is 0 Å². The van der Waals surface area contributed by atoms with Crippen molar-refractivity contribution in [3.8, 4) is 0 Å². The van der Waals surface area contributed by atoms with Crippen molar-refractivity contribution < 1.29 is 5.11 Å². The molecular formula is C13H28N2O. The first-order valence-electron chi connectivity index (χ1n) is 6.58. The summed E-state index contributed by atoms with van der Waals surface area (Å²) in [7, 11) is 1.93. The standard InChI is InChI=1S/C13H28N2O/c1-11-7-5-6-8-15(11)12(2)9-13(3,10-16)14-4/h11-12,14,16H,5-10H2,1-4H3. The molecule has 0 bridgehead atoms. The lowest BCUT2D eigenvalue weighted by molar-refractivity contribution is 0.0747. The number of likely N-dealkylation sites (N-methyl/N-ethyl adjacent to an activating group) is 1. The Labute approximate surface area is 100 Å². The fourth-order valence-electron chi connectivity index (χ4n) is 2.79. The van der Waals surface area contributed by atoms with E-state index in [4.69, 9.17) is 0 Å². The molecular weight excluding hydrogens is 200 g/mol. The lowest BCUT2D eigenvalue weighted by atomic mass is 9.91. The normalized spacial score (nSPS) is 28.7. The average molecular weight is 228 g/mol. The number of hydrogen-bond acceptors (Lipinski definition) is 3. The SMILES string of the molecule is CNC(C)(CO)CC(C)N1CCCCC1C. The van der Waals surface area contributed by atoms with Crippen LogP contribution in [-0.4, -0.2) is 47.8 Å². The van der Waals surface area contributed by atoms with Gasteiger partial charge in [0.05, 0.1) is 6.61 Å². The van der Waals surface area contributed by atoms with Crippen LogP contribution < -0.4 is 5.32 Å². The summed E-state index contributed by atoms with van der Waals surface area (Å²) in [4.78, 5) is 2.59. The summed E-state index contributed by atoms with van der Waals surface area (Å²) in [5, 5.41) is 12.7. The zero-order chi connectivity index (χ0) is 12.2. The van der Waals surface area contributed by atoms with Crippen molar-refractivity contribution in [3.05, 3.63) is 0 Å². The largest absolute Gasteiger partial charge is 0.394 e. The minimum Gasteiger partial charge on any atom is -0.394 e. The van der Waals surface area contributed by atoms with Crippen molar-refractivity contribution in [2.45, 2.75) is 64.1 Å². The van der Waals surface area contributed by atoms with Gasteiger partial charge in [0.2, 0.25) is 0 Å². The Morgan fingerprint density at radius 2 is 2.19 bits per heavy atom. The Morgan fingerprint density at radius 3 is 2.69 bits per heavy atom. The Bertz CT molecular complexity index is 204. The van der Waals surface area contributed by atoms with E-state index in [0.717, 1.165) is 6.42 Å². The van der Waals surface area contributed by atoms with Crippen molar-refractivity contribution in [2.24, 2.45) is 0 Å². The zero-order valence-corrected chi connectivity index (χ0v) is 11.3. The topological polar surface area (TPSA) is 35.5 Å². The first-order chi connectivity index (χ1) is 7.52.